The molecule has 132 valence electrons. The van der Waals surface area contributed by atoms with Gasteiger partial charge in [-0.1, -0.05) is 6.07 Å². The van der Waals surface area contributed by atoms with E-state index in [1.54, 1.807) is 17.0 Å². The molecule has 0 unspecified atom stereocenters. The van der Waals surface area contributed by atoms with Gasteiger partial charge in [0.2, 0.25) is 10.0 Å². The first-order chi connectivity index (χ1) is 11.6. The summed E-state index contributed by atoms with van der Waals surface area (Å²) in [5, 5.41) is 0. The van der Waals surface area contributed by atoms with Crippen molar-refractivity contribution >= 4 is 15.9 Å². The summed E-state index contributed by atoms with van der Waals surface area (Å²) in [6, 6.07) is 6.17. The van der Waals surface area contributed by atoms with Crippen molar-refractivity contribution in [2.75, 3.05) is 39.5 Å². The zero-order valence-electron chi connectivity index (χ0n) is 13.4. The van der Waals surface area contributed by atoms with Gasteiger partial charge in [-0.3, -0.25) is 4.79 Å². The molecule has 2 heterocycles. The fraction of sp³-hybridized carbons (Fsp3) is 0.562. The number of hydrogen-bond acceptors (Lipinski definition) is 5. The summed E-state index contributed by atoms with van der Waals surface area (Å²) in [4.78, 5) is 14.2. The number of rotatable bonds is 5. The molecule has 7 nitrogen and oxygen atoms in total. The first-order valence-corrected chi connectivity index (χ1v) is 9.63. The van der Waals surface area contributed by atoms with E-state index in [1.165, 1.54) is 12.1 Å². The van der Waals surface area contributed by atoms with Crippen molar-refractivity contribution in [1.82, 2.24) is 9.62 Å². The minimum atomic E-state index is -3.70. The second kappa shape index (κ2) is 7.60. The topological polar surface area (TPSA) is 84.9 Å². The maximum absolute atomic E-state index is 12.4. The van der Waals surface area contributed by atoms with Crippen LogP contribution in [0.25, 0.3) is 0 Å². The van der Waals surface area contributed by atoms with Gasteiger partial charge >= 0.3 is 0 Å². The van der Waals surface area contributed by atoms with Crippen LogP contribution in [-0.4, -0.2) is 64.8 Å². The lowest BCUT2D eigenvalue weighted by Crippen LogP contribution is -2.39. The van der Waals surface area contributed by atoms with Crippen LogP contribution in [0.5, 0.6) is 0 Å². The van der Waals surface area contributed by atoms with E-state index in [2.05, 4.69) is 4.72 Å². The Morgan fingerprint density at radius 1 is 1.25 bits per heavy atom. The van der Waals surface area contributed by atoms with Crippen molar-refractivity contribution in [2.24, 2.45) is 0 Å². The highest BCUT2D eigenvalue weighted by Gasteiger charge is 2.23. The van der Waals surface area contributed by atoms with Gasteiger partial charge in [0.1, 0.15) is 0 Å². The average Bonchev–Trinajstić information content (AvgIpc) is 3.15. The highest BCUT2D eigenvalue weighted by Crippen LogP contribution is 2.16. The predicted octanol–water partition coefficient (Wildman–Crippen LogP) is 0.616. The molecule has 2 aliphatic heterocycles. The molecule has 2 saturated heterocycles. The molecule has 2 fully saturated rings. The molecule has 0 spiro atoms. The van der Waals surface area contributed by atoms with Crippen LogP contribution >= 0.6 is 0 Å². The summed E-state index contributed by atoms with van der Waals surface area (Å²) < 4.78 is 38.1. The van der Waals surface area contributed by atoms with E-state index in [1.807, 2.05) is 0 Å². The lowest BCUT2D eigenvalue weighted by molar-refractivity contribution is -0.0846. The number of nitrogens with zero attached hydrogens (tertiary/aromatic N) is 1. The second-order valence-corrected chi connectivity index (χ2v) is 7.71. The molecule has 1 N–H and O–H groups in total. The van der Waals surface area contributed by atoms with Crippen LogP contribution in [0.1, 0.15) is 23.2 Å². The Labute approximate surface area is 142 Å². The Hall–Kier alpha value is -1.48. The molecule has 1 aromatic carbocycles. The van der Waals surface area contributed by atoms with Crippen molar-refractivity contribution < 1.29 is 22.7 Å². The molecule has 0 radical (unpaired) electrons. The number of amides is 1. The van der Waals surface area contributed by atoms with Crippen LogP contribution < -0.4 is 4.72 Å². The summed E-state index contributed by atoms with van der Waals surface area (Å²) in [5.74, 6) is -0.117. The van der Waals surface area contributed by atoms with Crippen LogP contribution in [0, 0.1) is 0 Å². The summed E-state index contributed by atoms with van der Waals surface area (Å²) in [5.41, 5.74) is 0.400. The number of carbonyl (C=O) groups excluding carboxylic acids is 1. The van der Waals surface area contributed by atoms with E-state index >= 15 is 0 Å². The molecule has 1 aromatic rings. The maximum atomic E-state index is 12.4. The molecular formula is C16H22N2O5S. The zero-order valence-corrected chi connectivity index (χ0v) is 14.3. The fourth-order valence-corrected chi connectivity index (χ4v) is 3.95. The van der Waals surface area contributed by atoms with Gasteiger partial charge in [0.05, 0.1) is 30.8 Å². The van der Waals surface area contributed by atoms with E-state index in [0.29, 0.717) is 25.4 Å². The lowest BCUT2D eigenvalue weighted by atomic mass is 10.2. The van der Waals surface area contributed by atoms with Crippen molar-refractivity contribution in [1.29, 1.82) is 0 Å². The van der Waals surface area contributed by atoms with Crippen LogP contribution in [-0.2, 0) is 19.5 Å². The molecule has 0 saturated carbocycles. The first kappa shape index (κ1) is 17.3. The van der Waals surface area contributed by atoms with Gasteiger partial charge in [0.25, 0.3) is 5.91 Å². The second-order valence-electron chi connectivity index (χ2n) is 5.95. The van der Waals surface area contributed by atoms with E-state index in [9.17, 15) is 13.2 Å². The van der Waals surface area contributed by atoms with E-state index in [4.69, 9.17) is 9.47 Å². The van der Waals surface area contributed by atoms with Gasteiger partial charge in [0, 0.05) is 25.2 Å². The van der Waals surface area contributed by atoms with E-state index in [0.717, 1.165) is 25.9 Å². The van der Waals surface area contributed by atoms with Crippen molar-refractivity contribution in [2.45, 2.75) is 23.8 Å². The Morgan fingerprint density at radius 3 is 2.75 bits per heavy atom. The van der Waals surface area contributed by atoms with Crippen molar-refractivity contribution in [3.05, 3.63) is 29.8 Å². The van der Waals surface area contributed by atoms with Gasteiger partial charge in [-0.15, -0.1) is 0 Å². The third-order valence-electron chi connectivity index (χ3n) is 4.17. The van der Waals surface area contributed by atoms with Crippen molar-refractivity contribution in [3.8, 4) is 0 Å². The molecule has 8 heteroatoms. The molecule has 3 rings (SSSR count). The fourth-order valence-electron chi connectivity index (χ4n) is 2.84. The molecule has 1 amide bonds. The highest BCUT2D eigenvalue weighted by atomic mass is 32.2. The smallest absolute Gasteiger partial charge is 0.253 e. The quantitative estimate of drug-likeness (QED) is 0.838. The molecule has 1 atom stereocenters. The average molecular weight is 354 g/mol. The largest absolute Gasteiger partial charge is 0.376 e. The minimum Gasteiger partial charge on any atom is -0.376 e. The summed E-state index contributed by atoms with van der Waals surface area (Å²) in [6.07, 6.45) is 1.70. The molecule has 24 heavy (non-hydrogen) atoms. The number of carbonyl (C=O) groups is 1. The van der Waals surface area contributed by atoms with Gasteiger partial charge in [-0.2, -0.15) is 0 Å². The molecule has 2 aliphatic rings. The van der Waals surface area contributed by atoms with Crippen LogP contribution in [0.4, 0.5) is 0 Å². The van der Waals surface area contributed by atoms with E-state index < -0.39 is 10.0 Å². The molecule has 0 aliphatic carbocycles. The summed E-state index contributed by atoms with van der Waals surface area (Å²) in [6.45, 7) is 2.97. The molecule has 0 aromatic heterocycles. The predicted molar refractivity (Wildman–Crippen MR) is 87.3 cm³/mol. The Morgan fingerprint density at radius 2 is 2.04 bits per heavy atom. The van der Waals surface area contributed by atoms with Crippen LogP contribution in [0.3, 0.4) is 0 Å². The first-order valence-electron chi connectivity index (χ1n) is 8.14. The number of ether oxygens (including phenoxy) is 2. The third kappa shape index (κ3) is 4.13. The number of sulfonamides is 1. The maximum Gasteiger partial charge on any atom is 0.253 e. The molecular weight excluding hydrogens is 332 g/mol. The third-order valence-corrected chi connectivity index (χ3v) is 5.59. The number of benzene rings is 1. The van der Waals surface area contributed by atoms with Crippen molar-refractivity contribution in [3.63, 3.8) is 0 Å². The number of likely N-dealkylation sites (tertiary alicyclic amines) is 1. The SMILES string of the molecule is O=C(c1cccc(S(=O)(=O)NC[C@@H]2COCCO2)c1)N1CCCC1. The summed E-state index contributed by atoms with van der Waals surface area (Å²) >= 11 is 0. The Kier molecular flexibility index (Phi) is 5.50. The molecule has 0 bridgehead atoms. The van der Waals surface area contributed by atoms with Gasteiger partial charge in [-0.25, -0.2) is 13.1 Å². The monoisotopic (exact) mass is 354 g/mol. The highest BCUT2D eigenvalue weighted by molar-refractivity contribution is 7.89. The van der Waals surface area contributed by atoms with Crippen LogP contribution in [0.15, 0.2) is 29.2 Å². The van der Waals surface area contributed by atoms with E-state index in [-0.39, 0.29) is 23.5 Å². The lowest BCUT2D eigenvalue weighted by Gasteiger charge is -2.23. The summed E-state index contributed by atoms with van der Waals surface area (Å²) in [7, 11) is -3.70. The minimum absolute atomic E-state index is 0.0873. The Balaban J connectivity index is 1.68. The number of nitrogens with one attached hydrogen (secondary N) is 1. The number of hydrogen-bond donors (Lipinski definition) is 1. The van der Waals surface area contributed by atoms with Gasteiger partial charge in [0.15, 0.2) is 0 Å². The van der Waals surface area contributed by atoms with Crippen LogP contribution in [0.2, 0.25) is 0 Å². The van der Waals surface area contributed by atoms with Gasteiger partial charge < -0.3 is 14.4 Å². The zero-order chi connectivity index (χ0) is 17.0. The van der Waals surface area contributed by atoms with Gasteiger partial charge in [-0.05, 0) is 31.0 Å². The normalized spacial score (nSPS) is 21.8. The standard InChI is InChI=1S/C16H22N2O5S/c19-16(18-6-1-2-7-18)13-4-3-5-15(10-13)24(20,21)17-11-14-12-22-8-9-23-14/h3-5,10,14,17H,1-2,6-9,11-12H2/t14-/m1/s1. The Bertz CT molecular complexity index is 679.